The number of halogens is 2. The van der Waals surface area contributed by atoms with E-state index in [2.05, 4.69) is 5.32 Å². The summed E-state index contributed by atoms with van der Waals surface area (Å²) >= 11 is 5.98. The highest BCUT2D eigenvalue weighted by atomic mass is 35.5. The van der Waals surface area contributed by atoms with Crippen LogP contribution in [-0.4, -0.2) is 13.7 Å². The summed E-state index contributed by atoms with van der Waals surface area (Å²) in [5.74, 6) is 0.136. The fraction of sp³-hybridized carbons (Fsp3) is 0.286. The molecule has 2 aromatic rings. The number of methoxy groups -OCH3 is 1. The van der Waals surface area contributed by atoms with Gasteiger partial charge in [0.2, 0.25) is 0 Å². The molecule has 0 aliphatic rings. The third kappa shape index (κ3) is 2.91. The van der Waals surface area contributed by atoms with Crippen LogP contribution in [0.1, 0.15) is 24.1 Å². The molecule has 5 heteroatoms. The van der Waals surface area contributed by atoms with Crippen LogP contribution in [0.15, 0.2) is 34.9 Å². The van der Waals surface area contributed by atoms with Gasteiger partial charge >= 0.3 is 0 Å². The lowest BCUT2D eigenvalue weighted by atomic mass is 10.0. The van der Waals surface area contributed by atoms with E-state index < -0.39 is 0 Å². The highest BCUT2D eigenvalue weighted by Crippen LogP contribution is 2.31. The molecular formula is C14H15ClFNO2. The van der Waals surface area contributed by atoms with Crippen molar-refractivity contribution in [3.05, 3.63) is 52.7 Å². The minimum atomic E-state index is -0.345. The Morgan fingerprint density at radius 2 is 2.16 bits per heavy atom. The Bertz CT molecular complexity index is 556. The van der Waals surface area contributed by atoms with Gasteiger partial charge in [-0.25, -0.2) is 4.39 Å². The SMILES string of the molecule is CCNC(c1ccc(OC)cc1F)c1ccoc1Cl. The van der Waals surface area contributed by atoms with Gasteiger partial charge in [-0.1, -0.05) is 13.0 Å². The average Bonchev–Trinajstić information content (AvgIpc) is 2.82. The normalized spacial score (nSPS) is 12.4. The van der Waals surface area contributed by atoms with E-state index in [0.29, 0.717) is 23.4 Å². The first-order chi connectivity index (χ1) is 9.17. The van der Waals surface area contributed by atoms with Gasteiger partial charge in [0.05, 0.1) is 19.4 Å². The fourth-order valence-electron chi connectivity index (χ4n) is 1.97. The predicted octanol–water partition coefficient (Wildman–Crippen LogP) is 3.78. The van der Waals surface area contributed by atoms with E-state index in [1.807, 2.05) is 6.92 Å². The van der Waals surface area contributed by atoms with Gasteiger partial charge in [-0.2, -0.15) is 0 Å². The first-order valence-corrected chi connectivity index (χ1v) is 6.34. The third-order valence-corrected chi connectivity index (χ3v) is 3.19. The van der Waals surface area contributed by atoms with E-state index >= 15 is 0 Å². The molecule has 1 aromatic carbocycles. The van der Waals surface area contributed by atoms with E-state index in [4.69, 9.17) is 20.8 Å². The van der Waals surface area contributed by atoms with Crippen LogP contribution >= 0.6 is 11.6 Å². The number of rotatable bonds is 5. The molecule has 0 spiro atoms. The molecule has 0 aliphatic carbocycles. The zero-order chi connectivity index (χ0) is 13.8. The Morgan fingerprint density at radius 1 is 1.37 bits per heavy atom. The minimum absolute atomic E-state index is 0.265. The standard InChI is InChI=1S/C14H15ClFNO2/c1-3-17-13(11-6-7-19-14(11)15)10-5-4-9(18-2)8-12(10)16/h4-8,13,17H,3H2,1-2H3. The van der Waals surface area contributed by atoms with Crippen LogP contribution in [0.4, 0.5) is 4.39 Å². The third-order valence-electron chi connectivity index (χ3n) is 2.88. The maximum absolute atomic E-state index is 14.1. The van der Waals surface area contributed by atoms with Gasteiger partial charge < -0.3 is 14.5 Å². The molecule has 0 bridgehead atoms. The predicted molar refractivity (Wildman–Crippen MR) is 72.2 cm³/mol. The van der Waals surface area contributed by atoms with Gasteiger partial charge in [-0.05, 0) is 30.3 Å². The maximum Gasteiger partial charge on any atom is 0.198 e. The molecule has 0 saturated carbocycles. The van der Waals surface area contributed by atoms with Crippen LogP contribution < -0.4 is 10.1 Å². The van der Waals surface area contributed by atoms with Crippen molar-refractivity contribution in [1.82, 2.24) is 5.32 Å². The van der Waals surface area contributed by atoms with Crippen molar-refractivity contribution in [1.29, 1.82) is 0 Å². The smallest absolute Gasteiger partial charge is 0.198 e. The number of hydrogen-bond acceptors (Lipinski definition) is 3. The van der Waals surface area contributed by atoms with Crippen LogP contribution in [0.3, 0.4) is 0 Å². The second-order valence-corrected chi connectivity index (χ2v) is 4.37. The van der Waals surface area contributed by atoms with E-state index in [-0.39, 0.29) is 17.1 Å². The first kappa shape index (κ1) is 13.9. The number of ether oxygens (including phenoxy) is 1. The summed E-state index contributed by atoms with van der Waals surface area (Å²) in [6, 6.07) is 6.15. The molecule has 19 heavy (non-hydrogen) atoms. The molecule has 2 rings (SSSR count). The monoisotopic (exact) mass is 283 g/mol. The van der Waals surface area contributed by atoms with Crippen molar-refractivity contribution in [2.45, 2.75) is 13.0 Å². The molecule has 0 radical (unpaired) electrons. The quantitative estimate of drug-likeness (QED) is 0.907. The first-order valence-electron chi connectivity index (χ1n) is 5.97. The molecular weight excluding hydrogens is 269 g/mol. The van der Waals surface area contributed by atoms with Gasteiger partial charge in [0.15, 0.2) is 5.22 Å². The van der Waals surface area contributed by atoms with Crippen molar-refractivity contribution in [3.8, 4) is 5.75 Å². The number of benzene rings is 1. The molecule has 1 heterocycles. The highest BCUT2D eigenvalue weighted by Gasteiger charge is 2.21. The zero-order valence-corrected chi connectivity index (χ0v) is 11.5. The van der Waals surface area contributed by atoms with Crippen LogP contribution in [0, 0.1) is 5.82 Å². The van der Waals surface area contributed by atoms with E-state index in [9.17, 15) is 4.39 Å². The Kier molecular flexibility index (Phi) is 4.45. The Hall–Kier alpha value is -1.52. The molecule has 1 unspecified atom stereocenters. The van der Waals surface area contributed by atoms with Gasteiger partial charge in [-0.3, -0.25) is 0 Å². The molecule has 3 nitrogen and oxygen atoms in total. The van der Waals surface area contributed by atoms with Gasteiger partial charge in [-0.15, -0.1) is 0 Å². The van der Waals surface area contributed by atoms with Gasteiger partial charge in [0.25, 0.3) is 0 Å². The lowest BCUT2D eigenvalue weighted by Crippen LogP contribution is -2.22. The van der Waals surface area contributed by atoms with Crippen molar-refractivity contribution in [2.75, 3.05) is 13.7 Å². The number of furan rings is 1. The Labute approximate surface area is 116 Å². The second kappa shape index (κ2) is 6.08. The maximum atomic E-state index is 14.1. The molecule has 0 amide bonds. The lowest BCUT2D eigenvalue weighted by molar-refractivity contribution is 0.410. The summed E-state index contributed by atoms with van der Waals surface area (Å²) in [5, 5.41) is 3.46. The number of nitrogens with one attached hydrogen (secondary N) is 1. The van der Waals surface area contributed by atoms with Crippen molar-refractivity contribution >= 4 is 11.6 Å². The fourth-order valence-corrected chi connectivity index (χ4v) is 2.19. The lowest BCUT2D eigenvalue weighted by Gasteiger charge is -2.18. The van der Waals surface area contributed by atoms with E-state index in [1.165, 1.54) is 19.4 Å². The van der Waals surface area contributed by atoms with E-state index in [0.717, 1.165) is 0 Å². The van der Waals surface area contributed by atoms with Crippen LogP contribution in [0.2, 0.25) is 5.22 Å². The molecule has 1 aromatic heterocycles. The van der Waals surface area contributed by atoms with Crippen LogP contribution in [0.5, 0.6) is 5.75 Å². The summed E-state index contributed by atoms with van der Waals surface area (Å²) in [7, 11) is 1.50. The topological polar surface area (TPSA) is 34.4 Å². The summed E-state index contributed by atoms with van der Waals surface area (Å²) in [6.45, 7) is 2.63. The van der Waals surface area contributed by atoms with Crippen molar-refractivity contribution < 1.29 is 13.5 Å². The molecule has 0 saturated heterocycles. The highest BCUT2D eigenvalue weighted by molar-refractivity contribution is 6.29. The van der Waals surface area contributed by atoms with Crippen LogP contribution in [-0.2, 0) is 0 Å². The Morgan fingerprint density at radius 3 is 2.68 bits per heavy atom. The van der Waals surface area contributed by atoms with Crippen LogP contribution in [0.25, 0.3) is 0 Å². The van der Waals surface area contributed by atoms with Gasteiger partial charge in [0, 0.05) is 17.2 Å². The van der Waals surface area contributed by atoms with Crippen molar-refractivity contribution in [2.24, 2.45) is 0 Å². The van der Waals surface area contributed by atoms with Gasteiger partial charge in [0.1, 0.15) is 11.6 Å². The summed E-state index contributed by atoms with van der Waals surface area (Å²) in [6.07, 6.45) is 1.49. The summed E-state index contributed by atoms with van der Waals surface area (Å²) in [5.41, 5.74) is 1.22. The molecule has 1 atom stereocenters. The van der Waals surface area contributed by atoms with Crippen molar-refractivity contribution in [3.63, 3.8) is 0 Å². The minimum Gasteiger partial charge on any atom is -0.497 e. The second-order valence-electron chi connectivity index (χ2n) is 4.03. The molecule has 1 N–H and O–H groups in total. The molecule has 0 aliphatic heterocycles. The molecule has 102 valence electrons. The zero-order valence-electron chi connectivity index (χ0n) is 10.7. The Balaban J connectivity index is 2.42. The number of hydrogen-bond donors (Lipinski definition) is 1. The van der Waals surface area contributed by atoms with E-state index in [1.54, 1.807) is 18.2 Å². The largest absolute Gasteiger partial charge is 0.497 e. The molecule has 0 fully saturated rings. The average molecular weight is 284 g/mol. The summed E-state index contributed by atoms with van der Waals surface area (Å²) < 4.78 is 24.2. The summed E-state index contributed by atoms with van der Waals surface area (Å²) in [4.78, 5) is 0.